The molecule has 142 valence electrons. The van der Waals surface area contributed by atoms with E-state index in [2.05, 4.69) is 10.0 Å². The van der Waals surface area contributed by atoms with Gasteiger partial charge in [0.15, 0.2) is 0 Å². The van der Waals surface area contributed by atoms with Gasteiger partial charge in [0, 0.05) is 30.9 Å². The average molecular weight is 387 g/mol. The lowest BCUT2D eigenvalue weighted by Gasteiger charge is -2.16. The predicted octanol–water partition coefficient (Wildman–Crippen LogP) is 1.98. The third-order valence-electron chi connectivity index (χ3n) is 4.33. The number of amides is 2. The number of hydrogen-bond acceptors (Lipinski definition) is 4. The maximum Gasteiger partial charge on any atom is 0.240 e. The molecule has 1 aliphatic heterocycles. The summed E-state index contributed by atoms with van der Waals surface area (Å²) < 4.78 is 26.3. The Hall–Kier alpha value is -2.71. The van der Waals surface area contributed by atoms with E-state index in [4.69, 9.17) is 0 Å². The molecule has 2 amide bonds. The van der Waals surface area contributed by atoms with Gasteiger partial charge in [-0.3, -0.25) is 9.59 Å². The summed E-state index contributed by atoms with van der Waals surface area (Å²) in [6.07, 6.45) is 0.146. The first kappa shape index (κ1) is 19.1. The Morgan fingerprint density at radius 1 is 1.11 bits per heavy atom. The second-order valence-electron chi connectivity index (χ2n) is 6.26. The van der Waals surface area contributed by atoms with Crippen molar-refractivity contribution in [2.24, 2.45) is 5.92 Å². The van der Waals surface area contributed by atoms with Crippen molar-refractivity contribution in [1.82, 2.24) is 4.72 Å². The third kappa shape index (κ3) is 4.35. The van der Waals surface area contributed by atoms with Crippen LogP contribution < -0.4 is 14.9 Å². The van der Waals surface area contributed by atoms with Gasteiger partial charge in [0.1, 0.15) is 0 Å². The Morgan fingerprint density at radius 2 is 1.78 bits per heavy atom. The Kier molecular flexibility index (Phi) is 5.57. The molecular formula is C19H21N3O4S. The third-order valence-corrected chi connectivity index (χ3v) is 5.89. The molecule has 0 bridgehead atoms. The number of para-hydroxylation sites is 1. The van der Waals surface area contributed by atoms with Gasteiger partial charge in [0.2, 0.25) is 21.8 Å². The molecule has 2 aromatic carbocycles. The molecule has 0 aromatic heterocycles. The molecule has 7 nitrogen and oxygen atoms in total. The van der Waals surface area contributed by atoms with E-state index in [0.717, 1.165) is 5.69 Å². The summed E-state index contributed by atoms with van der Waals surface area (Å²) in [5, 5.41) is 2.75. The van der Waals surface area contributed by atoms with Crippen molar-refractivity contribution in [3.8, 4) is 0 Å². The zero-order valence-corrected chi connectivity index (χ0v) is 15.7. The minimum Gasteiger partial charge on any atom is -0.326 e. The van der Waals surface area contributed by atoms with Gasteiger partial charge in [0.25, 0.3) is 0 Å². The molecule has 2 N–H and O–H groups in total. The second kappa shape index (κ2) is 7.89. The van der Waals surface area contributed by atoms with E-state index in [1.165, 1.54) is 24.3 Å². The van der Waals surface area contributed by atoms with Crippen molar-refractivity contribution < 1.29 is 18.0 Å². The van der Waals surface area contributed by atoms with Crippen molar-refractivity contribution in [2.75, 3.05) is 23.3 Å². The largest absolute Gasteiger partial charge is 0.326 e. The zero-order valence-electron chi connectivity index (χ0n) is 14.9. The molecule has 3 rings (SSSR count). The molecule has 8 heteroatoms. The minimum absolute atomic E-state index is 0.0894. The van der Waals surface area contributed by atoms with Crippen LogP contribution >= 0.6 is 0 Å². The van der Waals surface area contributed by atoms with Crippen LogP contribution in [0.3, 0.4) is 0 Å². The first-order valence-electron chi connectivity index (χ1n) is 8.66. The lowest BCUT2D eigenvalue weighted by Crippen LogP contribution is -2.28. The van der Waals surface area contributed by atoms with Gasteiger partial charge in [-0.2, -0.15) is 0 Å². The van der Waals surface area contributed by atoms with Crippen LogP contribution in [-0.4, -0.2) is 33.3 Å². The van der Waals surface area contributed by atoms with E-state index in [0.29, 0.717) is 18.8 Å². The SMILES string of the molecule is CCNS(=O)(=O)c1ccc(NC(=O)[C@@H]2CC(=O)N(c3ccccc3)C2)cc1. The van der Waals surface area contributed by atoms with Gasteiger partial charge in [-0.1, -0.05) is 25.1 Å². The number of sulfonamides is 1. The molecule has 0 radical (unpaired) electrons. The summed E-state index contributed by atoms with van der Waals surface area (Å²) in [7, 11) is -3.53. The standard InChI is InChI=1S/C19H21N3O4S/c1-2-20-27(25,26)17-10-8-15(9-11-17)21-19(24)14-12-18(23)22(13-14)16-6-4-3-5-7-16/h3-11,14,20H,2,12-13H2,1H3,(H,21,24)/t14-/m1/s1. The quantitative estimate of drug-likeness (QED) is 0.792. The molecule has 1 heterocycles. The van der Waals surface area contributed by atoms with Crippen molar-refractivity contribution in [3.05, 3.63) is 54.6 Å². The molecule has 1 saturated heterocycles. The summed E-state index contributed by atoms with van der Waals surface area (Å²) in [5.41, 5.74) is 1.26. The van der Waals surface area contributed by atoms with Gasteiger partial charge < -0.3 is 10.2 Å². The van der Waals surface area contributed by atoms with Crippen LogP contribution in [0.5, 0.6) is 0 Å². The van der Waals surface area contributed by atoms with Crippen LogP contribution in [0.25, 0.3) is 0 Å². The predicted molar refractivity (Wildman–Crippen MR) is 103 cm³/mol. The molecule has 0 saturated carbocycles. The van der Waals surface area contributed by atoms with Crippen LogP contribution in [-0.2, 0) is 19.6 Å². The number of anilines is 2. The number of nitrogens with one attached hydrogen (secondary N) is 2. The minimum atomic E-state index is -3.53. The Morgan fingerprint density at radius 3 is 2.41 bits per heavy atom. The first-order valence-corrected chi connectivity index (χ1v) is 10.1. The highest BCUT2D eigenvalue weighted by atomic mass is 32.2. The molecule has 0 unspecified atom stereocenters. The fourth-order valence-corrected chi connectivity index (χ4v) is 4.02. The molecule has 27 heavy (non-hydrogen) atoms. The zero-order chi connectivity index (χ0) is 19.4. The van der Waals surface area contributed by atoms with E-state index in [1.807, 2.05) is 30.3 Å². The molecule has 0 spiro atoms. The van der Waals surface area contributed by atoms with Gasteiger partial charge in [-0.25, -0.2) is 13.1 Å². The highest BCUT2D eigenvalue weighted by Gasteiger charge is 2.35. The smallest absolute Gasteiger partial charge is 0.240 e. The topological polar surface area (TPSA) is 95.6 Å². The maximum absolute atomic E-state index is 12.5. The Bertz CT molecular complexity index is 927. The van der Waals surface area contributed by atoms with Crippen molar-refractivity contribution in [1.29, 1.82) is 0 Å². The fourth-order valence-electron chi connectivity index (χ4n) is 2.98. The van der Waals surface area contributed by atoms with Crippen LogP contribution in [0.15, 0.2) is 59.5 Å². The summed E-state index contributed by atoms with van der Waals surface area (Å²) in [6.45, 7) is 2.32. The first-order chi connectivity index (χ1) is 12.9. The molecular weight excluding hydrogens is 366 g/mol. The molecule has 1 fully saturated rings. The Balaban J connectivity index is 1.65. The second-order valence-corrected chi connectivity index (χ2v) is 8.02. The van der Waals surface area contributed by atoms with Gasteiger partial charge in [-0.05, 0) is 36.4 Å². The van der Waals surface area contributed by atoms with Crippen molar-refractivity contribution >= 4 is 33.2 Å². The fraction of sp³-hybridized carbons (Fsp3) is 0.263. The van der Waals surface area contributed by atoms with Crippen LogP contribution in [0.4, 0.5) is 11.4 Å². The number of hydrogen-bond donors (Lipinski definition) is 2. The van der Waals surface area contributed by atoms with Gasteiger partial charge in [0.05, 0.1) is 10.8 Å². The van der Waals surface area contributed by atoms with Crippen molar-refractivity contribution in [2.45, 2.75) is 18.2 Å². The van der Waals surface area contributed by atoms with E-state index < -0.39 is 15.9 Å². The number of carbonyl (C=O) groups excluding carboxylic acids is 2. The highest BCUT2D eigenvalue weighted by molar-refractivity contribution is 7.89. The summed E-state index contributed by atoms with van der Waals surface area (Å²) in [4.78, 5) is 26.5. The normalized spacial score (nSPS) is 17.1. The van der Waals surface area contributed by atoms with E-state index in [1.54, 1.807) is 11.8 Å². The van der Waals surface area contributed by atoms with E-state index in [9.17, 15) is 18.0 Å². The number of benzene rings is 2. The molecule has 2 aromatic rings. The Labute approximate surface area is 158 Å². The number of nitrogens with zero attached hydrogens (tertiary/aromatic N) is 1. The monoisotopic (exact) mass is 387 g/mol. The van der Waals surface area contributed by atoms with Crippen LogP contribution in [0, 0.1) is 5.92 Å². The summed E-state index contributed by atoms with van der Waals surface area (Å²) in [6, 6.07) is 15.2. The average Bonchev–Trinajstić information content (AvgIpc) is 3.05. The molecule has 0 aliphatic carbocycles. The molecule has 1 aliphatic rings. The lowest BCUT2D eigenvalue weighted by atomic mass is 10.1. The lowest BCUT2D eigenvalue weighted by molar-refractivity contribution is -0.122. The molecule has 1 atom stereocenters. The van der Waals surface area contributed by atoms with E-state index in [-0.39, 0.29) is 23.1 Å². The van der Waals surface area contributed by atoms with Crippen LogP contribution in [0.1, 0.15) is 13.3 Å². The summed E-state index contributed by atoms with van der Waals surface area (Å²) in [5.74, 6) is -0.805. The van der Waals surface area contributed by atoms with Gasteiger partial charge in [-0.15, -0.1) is 0 Å². The highest BCUT2D eigenvalue weighted by Crippen LogP contribution is 2.26. The number of carbonyl (C=O) groups is 2. The number of rotatable bonds is 6. The maximum atomic E-state index is 12.5. The van der Waals surface area contributed by atoms with Crippen molar-refractivity contribution in [3.63, 3.8) is 0 Å². The van der Waals surface area contributed by atoms with Crippen LogP contribution in [0.2, 0.25) is 0 Å². The summed E-state index contributed by atoms with van der Waals surface area (Å²) >= 11 is 0. The van der Waals surface area contributed by atoms with E-state index >= 15 is 0 Å². The van der Waals surface area contributed by atoms with Gasteiger partial charge >= 0.3 is 0 Å².